The fraction of sp³-hybridized carbons (Fsp3) is 0.625. The van der Waals surface area contributed by atoms with Crippen LogP contribution in [0.3, 0.4) is 0 Å². The molecular formula is C40H50F3N5O10S. The lowest BCUT2D eigenvalue weighted by Gasteiger charge is -2.35. The Morgan fingerprint density at radius 3 is 2.53 bits per heavy atom. The number of aromatic nitrogens is 1. The minimum atomic E-state index is -4.92. The Balaban J connectivity index is 1.24. The molecule has 1 aromatic heterocycles. The van der Waals surface area contributed by atoms with Crippen LogP contribution in [0.5, 0.6) is 17.4 Å². The van der Waals surface area contributed by atoms with Crippen LogP contribution in [0.2, 0.25) is 0 Å². The van der Waals surface area contributed by atoms with Crippen LogP contribution >= 0.6 is 0 Å². The van der Waals surface area contributed by atoms with Gasteiger partial charge in [0.25, 0.3) is 5.91 Å². The van der Waals surface area contributed by atoms with Crippen LogP contribution in [0.1, 0.15) is 79.1 Å². The average molecular weight is 850 g/mol. The molecule has 59 heavy (non-hydrogen) atoms. The summed E-state index contributed by atoms with van der Waals surface area (Å²) in [7, 11) is -3.99. The summed E-state index contributed by atoms with van der Waals surface area (Å²) in [5.74, 6) is -2.38. The lowest BCUT2D eigenvalue weighted by molar-refractivity contribution is -0.244. The summed E-state index contributed by atoms with van der Waals surface area (Å²) in [5.41, 5.74) is -4.52. The zero-order valence-electron chi connectivity index (χ0n) is 33.3. The second-order valence-corrected chi connectivity index (χ2v) is 18.7. The molecule has 1 aromatic carbocycles. The predicted octanol–water partition coefficient (Wildman–Crippen LogP) is 4.68. The number of rotatable bonds is 8. The molecule has 4 heterocycles. The normalized spacial score (nSPS) is 29.0. The zero-order valence-corrected chi connectivity index (χ0v) is 34.1. The highest BCUT2D eigenvalue weighted by molar-refractivity contribution is 7.91. The van der Waals surface area contributed by atoms with Gasteiger partial charge in [-0.3, -0.25) is 19.1 Å². The number of alkyl carbamates (subject to hydrolysis) is 1. The molecule has 4 amide bonds. The van der Waals surface area contributed by atoms with Crippen LogP contribution < -0.4 is 29.6 Å². The SMILES string of the molecule is CC[C@@H]1C[C@@H](C)CCC=C[C@@H]2C[C@@]2(C(=O)NS(=O)(=O)C2CC2)NC(=O)[C@@H]2C[C@@H](Oc3nccc4c5c(ccc34)OCCO5)CN2C(=O)[C@H]1NC(=O)OC(C)(C)C(F)(F)F. The molecule has 7 rings (SSSR count). The summed E-state index contributed by atoms with van der Waals surface area (Å²) in [6.07, 6.45) is 0.607. The maximum atomic E-state index is 14.9. The van der Waals surface area contributed by atoms with E-state index >= 15 is 0 Å². The number of halogens is 3. The van der Waals surface area contributed by atoms with Gasteiger partial charge in [0.15, 0.2) is 11.5 Å². The predicted molar refractivity (Wildman–Crippen MR) is 206 cm³/mol. The summed E-state index contributed by atoms with van der Waals surface area (Å²) >= 11 is 0. The van der Waals surface area contributed by atoms with Crippen molar-refractivity contribution in [3.8, 4) is 17.4 Å². The van der Waals surface area contributed by atoms with Crippen molar-refractivity contribution in [1.82, 2.24) is 25.2 Å². The van der Waals surface area contributed by atoms with Gasteiger partial charge in [-0.05, 0) is 82.4 Å². The molecule has 2 aromatic rings. The number of pyridine rings is 1. The van der Waals surface area contributed by atoms with Gasteiger partial charge < -0.3 is 34.5 Å². The summed E-state index contributed by atoms with van der Waals surface area (Å²) in [6.45, 7) is 5.64. The molecule has 0 radical (unpaired) electrons. The minimum absolute atomic E-state index is 0.0341. The number of nitrogens with zero attached hydrogens (tertiary/aromatic N) is 2. The molecule has 3 N–H and O–H groups in total. The summed E-state index contributed by atoms with van der Waals surface area (Å²) in [6, 6.07) is 2.45. The van der Waals surface area contributed by atoms with Gasteiger partial charge in [-0.15, -0.1) is 0 Å². The van der Waals surface area contributed by atoms with Gasteiger partial charge >= 0.3 is 12.3 Å². The maximum Gasteiger partial charge on any atom is 0.427 e. The number of benzene rings is 1. The molecule has 15 nitrogen and oxygen atoms in total. The Bertz CT molecular complexity index is 2130. The Hall–Kier alpha value is -4.81. The number of allylic oxidation sites excluding steroid dienone is 1. The Morgan fingerprint density at radius 2 is 1.81 bits per heavy atom. The quantitative estimate of drug-likeness (QED) is 0.313. The number of ether oxygens (including phenoxy) is 4. The van der Waals surface area contributed by atoms with E-state index in [1.807, 2.05) is 13.0 Å². The van der Waals surface area contributed by atoms with E-state index in [1.54, 1.807) is 31.2 Å². The smallest absolute Gasteiger partial charge is 0.427 e. The zero-order chi connectivity index (χ0) is 42.5. The molecular weight excluding hydrogens is 800 g/mol. The van der Waals surface area contributed by atoms with Crippen molar-refractivity contribution in [2.45, 2.75) is 120 Å². The highest BCUT2D eigenvalue weighted by Gasteiger charge is 2.62. The first-order chi connectivity index (χ1) is 27.8. The number of fused-ring (bicyclic) bond motifs is 5. The molecule has 5 aliphatic rings. The Kier molecular flexibility index (Phi) is 11.5. The van der Waals surface area contributed by atoms with Crippen LogP contribution in [-0.2, 0) is 29.1 Å². The van der Waals surface area contributed by atoms with Crippen LogP contribution in [0.4, 0.5) is 18.0 Å². The fourth-order valence-electron chi connectivity index (χ4n) is 8.15. The second-order valence-electron chi connectivity index (χ2n) is 16.8. The van der Waals surface area contributed by atoms with Gasteiger partial charge in [0, 0.05) is 29.3 Å². The van der Waals surface area contributed by atoms with E-state index in [9.17, 15) is 40.8 Å². The Morgan fingerprint density at radius 1 is 1.07 bits per heavy atom. The van der Waals surface area contributed by atoms with Crippen LogP contribution in [-0.4, -0.2) is 103 Å². The number of amides is 4. The van der Waals surface area contributed by atoms with Gasteiger partial charge in [0.2, 0.25) is 33.3 Å². The Labute approximate surface area is 340 Å². The first-order valence-electron chi connectivity index (χ1n) is 20.1. The van der Waals surface area contributed by atoms with E-state index in [0.29, 0.717) is 87.9 Å². The minimum Gasteiger partial charge on any atom is -0.486 e. The first kappa shape index (κ1) is 42.3. The molecule has 0 unspecified atom stereocenters. The second kappa shape index (κ2) is 16.0. The number of hydrogen-bond acceptors (Lipinski definition) is 11. The monoisotopic (exact) mass is 849 g/mol. The van der Waals surface area contributed by atoms with Crippen molar-refractivity contribution < 1.29 is 59.7 Å². The molecule has 322 valence electrons. The van der Waals surface area contributed by atoms with Crippen molar-refractivity contribution in [3.05, 3.63) is 36.5 Å². The number of nitrogens with one attached hydrogen (secondary N) is 3. The molecule has 0 bridgehead atoms. The molecule has 1 saturated heterocycles. The number of carbonyl (C=O) groups excluding carboxylic acids is 4. The van der Waals surface area contributed by atoms with Crippen molar-refractivity contribution in [1.29, 1.82) is 0 Å². The third-order valence-electron chi connectivity index (χ3n) is 12.0. The van der Waals surface area contributed by atoms with Crippen LogP contribution in [0.25, 0.3) is 10.8 Å². The van der Waals surface area contributed by atoms with Gasteiger partial charge in [-0.2, -0.15) is 13.2 Å². The van der Waals surface area contributed by atoms with Gasteiger partial charge in [-0.25, -0.2) is 18.2 Å². The van der Waals surface area contributed by atoms with E-state index in [-0.39, 0.29) is 31.2 Å². The number of hydrogen-bond donors (Lipinski definition) is 3. The standard InChI is InChI=1S/C40H50F3N5O10S/c1-5-23-18-22(2)8-6-7-9-24-20-39(24,36(51)47-59(53,54)26-10-11-26)46-33(49)29-19-25(21-48(29)35(50)31(23)45-37(52)58-38(3,4)40(41,42)43)57-34-28-12-13-30-32(56-17-16-55-30)27(28)14-15-44-34/h7,9,12-15,22-26,29,31H,5-6,8,10-11,16-21H2,1-4H3,(H,45,52)(H,46,49)(H,47,51)/t22-,23+,24+,25+,29-,31-,39+/m0/s1. The average Bonchev–Trinajstić information content (AvgIpc) is 4.10. The van der Waals surface area contributed by atoms with E-state index in [1.165, 1.54) is 11.1 Å². The van der Waals surface area contributed by atoms with Crippen LogP contribution in [0.15, 0.2) is 36.5 Å². The van der Waals surface area contributed by atoms with Crippen molar-refractivity contribution >= 4 is 44.6 Å². The highest BCUT2D eigenvalue weighted by Crippen LogP contribution is 2.47. The molecule has 3 fully saturated rings. The number of alkyl halides is 3. The molecule has 0 spiro atoms. The molecule has 3 aliphatic heterocycles. The molecule has 7 atom stereocenters. The summed E-state index contributed by atoms with van der Waals surface area (Å²) in [5, 5.41) is 5.74. The van der Waals surface area contributed by atoms with Gasteiger partial charge in [0.05, 0.1) is 11.8 Å². The fourth-order valence-corrected chi connectivity index (χ4v) is 9.52. The van der Waals surface area contributed by atoms with Gasteiger partial charge in [-0.1, -0.05) is 32.4 Å². The summed E-state index contributed by atoms with van der Waals surface area (Å²) < 4.78 is 92.3. The largest absolute Gasteiger partial charge is 0.486 e. The molecule has 19 heteroatoms. The number of sulfonamides is 1. The lowest BCUT2D eigenvalue weighted by Crippen LogP contribution is -2.59. The van der Waals surface area contributed by atoms with Crippen molar-refractivity contribution in [2.24, 2.45) is 17.8 Å². The lowest BCUT2D eigenvalue weighted by atomic mass is 9.85. The summed E-state index contributed by atoms with van der Waals surface area (Å²) in [4.78, 5) is 62.2. The first-order valence-corrected chi connectivity index (χ1v) is 21.6. The van der Waals surface area contributed by atoms with E-state index in [2.05, 4.69) is 20.3 Å². The highest BCUT2D eigenvalue weighted by atomic mass is 32.2. The topological polar surface area (TPSA) is 192 Å². The van der Waals surface area contributed by atoms with Crippen molar-refractivity contribution in [3.63, 3.8) is 0 Å². The van der Waals surface area contributed by atoms with Crippen LogP contribution in [0, 0.1) is 17.8 Å². The maximum absolute atomic E-state index is 14.9. The third kappa shape index (κ3) is 8.75. The van der Waals surface area contributed by atoms with Gasteiger partial charge in [0.1, 0.15) is 36.9 Å². The van der Waals surface area contributed by atoms with E-state index in [0.717, 1.165) is 0 Å². The van der Waals surface area contributed by atoms with E-state index < -0.39 is 86.4 Å². The van der Waals surface area contributed by atoms with Crippen molar-refractivity contribution in [2.75, 3.05) is 19.8 Å². The molecule has 2 saturated carbocycles. The third-order valence-corrected chi connectivity index (χ3v) is 13.8. The molecule has 2 aliphatic carbocycles. The number of carbonyl (C=O) groups is 4. The van der Waals surface area contributed by atoms with E-state index in [4.69, 9.17) is 18.9 Å².